The van der Waals surface area contributed by atoms with Gasteiger partial charge in [-0.2, -0.15) is 0 Å². The van der Waals surface area contributed by atoms with E-state index in [0.29, 0.717) is 13.1 Å². The summed E-state index contributed by atoms with van der Waals surface area (Å²) in [5.41, 5.74) is 1.09. The molecule has 3 aromatic carbocycles. The van der Waals surface area contributed by atoms with Gasteiger partial charge in [0.05, 0.1) is 0 Å². The number of carbonyl (C=O) groups is 1. The summed E-state index contributed by atoms with van der Waals surface area (Å²) in [5.74, 6) is 0.668. The molecule has 0 unspecified atom stereocenters. The van der Waals surface area contributed by atoms with Gasteiger partial charge in [0.2, 0.25) is 0 Å². The summed E-state index contributed by atoms with van der Waals surface area (Å²) in [7, 11) is 0. The van der Waals surface area contributed by atoms with Crippen LogP contribution in [-0.4, -0.2) is 24.0 Å². The Hall–Kier alpha value is -3.07. The van der Waals surface area contributed by atoms with Gasteiger partial charge in [0, 0.05) is 18.5 Å². The highest BCUT2D eigenvalue weighted by Crippen LogP contribution is 2.25. The molecule has 0 bridgehead atoms. The molecule has 0 aromatic heterocycles. The molecule has 3 nitrogen and oxygen atoms in total. The number of amides is 1. The third kappa shape index (κ3) is 4.27. The predicted octanol–water partition coefficient (Wildman–Crippen LogP) is 4.43. The lowest BCUT2D eigenvalue weighted by atomic mass is 10.1. The molecule has 3 rings (SSSR count). The quantitative estimate of drug-likeness (QED) is 0.599. The first-order valence-electron chi connectivity index (χ1n) is 8.31. The van der Waals surface area contributed by atoms with Gasteiger partial charge < -0.3 is 9.64 Å². The van der Waals surface area contributed by atoms with Crippen LogP contribution < -0.4 is 4.74 Å². The van der Waals surface area contributed by atoms with Crippen LogP contribution in [0, 0.1) is 0 Å². The molecular formula is C22H21NO2. The van der Waals surface area contributed by atoms with Crippen LogP contribution in [0.2, 0.25) is 0 Å². The summed E-state index contributed by atoms with van der Waals surface area (Å²) < 4.78 is 5.82. The van der Waals surface area contributed by atoms with Crippen molar-refractivity contribution in [3.8, 4) is 5.75 Å². The van der Waals surface area contributed by atoms with E-state index in [-0.39, 0.29) is 12.5 Å². The van der Waals surface area contributed by atoms with E-state index in [1.807, 2.05) is 72.8 Å². The minimum Gasteiger partial charge on any atom is -0.483 e. The van der Waals surface area contributed by atoms with E-state index < -0.39 is 0 Å². The lowest BCUT2D eigenvalue weighted by Crippen LogP contribution is -2.34. The molecular weight excluding hydrogens is 310 g/mol. The van der Waals surface area contributed by atoms with Crippen molar-refractivity contribution in [1.82, 2.24) is 4.90 Å². The van der Waals surface area contributed by atoms with Crippen LogP contribution in [0.25, 0.3) is 10.8 Å². The topological polar surface area (TPSA) is 29.5 Å². The fraction of sp³-hybridized carbons (Fsp3) is 0.136. The standard InChI is InChI=1S/C22H21NO2/c1-2-15-23(16-18-9-4-3-5-10-18)22(24)17-25-21-14-8-12-19-11-6-7-13-20(19)21/h2-14H,1,15-17H2. The summed E-state index contributed by atoms with van der Waals surface area (Å²) in [6.45, 7) is 4.80. The average molecular weight is 331 g/mol. The molecule has 0 fully saturated rings. The zero-order valence-corrected chi connectivity index (χ0v) is 14.1. The zero-order valence-electron chi connectivity index (χ0n) is 14.1. The average Bonchev–Trinajstić information content (AvgIpc) is 2.66. The van der Waals surface area contributed by atoms with Gasteiger partial charge in [-0.15, -0.1) is 6.58 Å². The number of hydrogen-bond donors (Lipinski definition) is 0. The van der Waals surface area contributed by atoms with E-state index in [1.165, 1.54) is 0 Å². The first-order valence-corrected chi connectivity index (χ1v) is 8.31. The maximum atomic E-state index is 12.6. The predicted molar refractivity (Wildman–Crippen MR) is 101 cm³/mol. The van der Waals surface area contributed by atoms with Gasteiger partial charge in [0.1, 0.15) is 5.75 Å². The van der Waals surface area contributed by atoms with Crippen LogP contribution in [0.4, 0.5) is 0 Å². The van der Waals surface area contributed by atoms with Crippen LogP contribution in [0.1, 0.15) is 5.56 Å². The largest absolute Gasteiger partial charge is 0.483 e. The molecule has 0 heterocycles. The van der Waals surface area contributed by atoms with Crippen LogP contribution in [-0.2, 0) is 11.3 Å². The van der Waals surface area contributed by atoms with Crippen molar-refractivity contribution in [3.05, 3.63) is 91.0 Å². The number of hydrogen-bond acceptors (Lipinski definition) is 2. The van der Waals surface area contributed by atoms with Crippen molar-refractivity contribution >= 4 is 16.7 Å². The molecule has 0 saturated carbocycles. The fourth-order valence-electron chi connectivity index (χ4n) is 2.77. The minimum atomic E-state index is -0.0586. The van der Waals surface area contributed by atoms with E-state index in [4.69, 9.17) is 4.74 Å². The van der Waals surface area contributed by atoms with Crippen molar-refractivity contribution in [2.75, 3.05) is 13.2 Å². The Bertz CT molecular complexity index is 853. The monoisotopic (exact) mass is 331 g/mol. The molecule has 126 valence electrons. The normalized spacial score (nSPS) is 10.4. The molecule has 0 aliphatic heterocycles. The van der Waals surface area contributed by atoms with Gasteiger partial charge >= 0.3 is 0 Å². The third-order valence-electron chi connectivity index (χ3n) is 4.02. The smallest absolute Gasteiger partial charge is 0.261 e. The molecule has 0 saturated heterocycles. The van der Waals surface area contributed by atoms with Crippen molar-refractivity contribution in [3.63, 3.8) is 0 Å². The maximum Gasteiger partial charge on any atom is 0.261 e. The number of ether oxygens (including phenoxy) is 1. The van der Waals surface area contributed by atoms with Crippen molar-refractivity contribution in [1.29, 1.82) is 0 Å². The molecule has 25 heavy (non-hydrogen) atoms. The summed E-state index contributed by atoms with van der Waals surface area (Å²) in [4.78, 5) is 14.3. The lowest BCUT2D eigenvalue weighted by Gasteiger charge is -2.21. The molecule has 0 aliphatic rings. The van der Waals surface area contributed by atoms with Gasteiger partial charge in [-0.1, -0.05) is 72.8 Å². The third-order valence-corrected chi connectivity index (χ3v) is 4.02. The highest BCUT2D eigenvalue weighted by molar-refractivity contribution is 5.88. The Morgan fingerprint density at radius 3 is 2.48 bits per heavy atom. The summed E-state index contributed by atoms with van der Waals surface area (Å²) >= 11 is 0. The minimum absolute atomic E-state index is 0.00861. The van der Waals surface area contributed by atoms with Crippen LogP contribution in [0.15, 0.2) is 85.5 Å². The van der Waals surface area contributed by atoms with Gasteiger partial charge in [-0.05, 0) is 17.0 Å². The summed E-state index contributed by atoms with van der Waals surface area (Å²) in [6, 6.07) is 23.8. The second kappa shape index (κ2) is 8.15. The van der Waals surface area contributed by atoms with Gasteiger partial charge in [-0.25, -0.2) is 0 Å². The Kier molecular flexibility index (Phi) is 5.47. The van der Waals surface area contributed by atoms with E-state index >= 15 is 0 Å². The van der Waals surface area contributed by atoms with E-state index in [9.17, 15) is 4.79 Å². The first kappa shape index (κ1) is 16.8. The molecule has 0 N–H and O–H groups in total. The van der Waals surface area contributed by atoms with Crippen LogP contribution in [0.5, 0.6) is 5.75 Å². The van der Waals surface area contributed by atoms with Crippen LogP contribution in [0.3, 0.4) is 0 Å². The number of nitrogens with zero attached hydrogens (tertiary/aromatic N) is 1. The van der Waals surface area contributed by atoms with Crippen molar-refractivity contribution < 1.29 is 9.53 Å². The van der Waals surface area contributed by atoms with E-state index in [1.54, 1.807) is 11.0 Å². The van der Waals surface area contributed by atoms with Crippen molar-refractivity contribution in [2.45, 2.75) is 6.54 Å². The fourth-order valence-corrected chi connectivity index (χ4v) is 2.77. The van der Waals surface area contributed by atoms with Gasteiger partial charge in [0.15, 0.2) is 6.61 Å². The number of fused-ring (bicyclic) bond motifs is 1. The summed E-state index contributed by atoms with van der Waals surface area (Å²) in [5, 5.41) is 2.11. The molecule has 0 spiro atoms. The Morgan fingerprint density at radius 2 is 1.68 bits per heavy atom. The second-order valence-corrected chi connectivity index (χ2v) is 5.81. The number of rotatable bonds is 7. The molecule has 0 radical (unpaired) electrons. The van der Waals surface area contributed by atoms with E-state index in [2.05, 4.69) is 6.58 Å². The number of carbonyl (C=O) groups excluding carboxylic acids is 1. The first-order chi connectivity index (χ1) is 12.3. The van der Waals surface area contributed by atoms with E-state index in [0.717, 1.165) is 22.1 Å². The lowest BCUT2D eigenvalue weighted by molar-refractivity contribution is -0.133. The van der Waals surface area contributed by atoms with Gasteiger partial charge in [-0.3, -0.25) is 4.79 Å². The maximum absolute atomic E-state index is 12.6. The molecule has 3 aromatic rings. The Balaban J connectivity index is 1.69. The highest BCUT2D eigenvalue weighted by Gasteiger charge is 2.14. The Morgan fingerprint density at radius 1 is 0.960 bits per heavy atom. The molecule has 1 amide bonds. The molecule has 3 heteroatoms. The SMILES string of the molecule is C=CCN(Cc1ccccc1)C(=O)COc1cccc2ccccc12. The highest BCUT2D eigenvalue weighted by atomic mass is 16.5. The second-order valence-electron chi connectivity index (χ2n) is 5.81. The molecule has 0 atom stereocenters. The number of benzene rings is 3. The summed E-state index contributed by atoms with van der Waals surface area (Å²) in [6.07, 6.45) is 1.73. The Labute approximate surface area is 148 Å². The zero-order chi connectivity index (χ0) is 17.5. The van der Waals surface area contributed by atoms with Crippen LogP contribution >= 0.6 is 0 Å². The van der Waals surface area contributed by atoms with Crippen molar-refractivity contribution in [2.24, 2.45) is 0 Å². The van der Waals surface area contributed by atoms with Gasteiger partial charge in [0.25, 0.3) is 5.91 Å². The molecule has 0 aliphatic carbocycles.